The van der Waals surface area contributed by atoms with Crippen molar-refractivity contribution in [2.75, 3.05) is 25.0 Å². The maximum atomic E-state index is 11.4. The Kier molecular flexibility index (Phi) is 5.18. The van der Waals surface area contributed by atoms with E-state index in [2.05, 4.69) is 24.1 Å². The van der Waals surface area contributed by atoms with Crippen molar-refractivity contribution < 1.29 is 9.53 Å². The van der Waals surface area contributed by atoms with Gasteiger partial charge in [0.25, 0.3) is 0 Å². The molecule has 0 aromatic heterocycles. The molecule has 0 spiro atoms. The Bertz CT molecular complexity index is 497. The zero-order chi connectivity index (χ0) is 14.4. The molecule has 0 fully saturated rings. The highest BCUT2D eigenvalue weighted by Crippen LogP contribution is 2.27. The zero-order valence-electron chi connectivity index (χ0n) is 12.0. The number of fused-ring (bicyclic) bond motifs is 1. The van der Waals surface area contributed by atoms with Gasteiger partial charge < -0.3 is 15.4 Å². The van der Waals surface area contributed by atoms with Crippen LogP contribution in [0, 0.1) is 0 Å². The van der Waals surface area contributed by atoms with Crippen LogP contribution in [-0.2, 0) is 11.2 Å². The molecule has 4 heteroatoms. The van der Waals surface area contributed by atoms with E-state index in [1.54, 1.807) is 0 Å². The molecule has 4 nitrogen and oxygen atoms in total. The van der Waals surface area contributed by atoms with E-state index in [0.29, 0.717) is 13.0 Å². The molecule has 0 saturated carbocycles. The largest absolute Gasteiger partial charge is 0.489 e. The summed E-state index contributed by atoms with van der Waals surface area (Å²) in [6, 6.07) is 5.85. The van der Waals surface area contributed by atoms with Crippen molar-refractivity contribution in [3.63, 3.8) is 0 Å². The molecule has 0 unspecified atom stereocenters. The van der Waals surface area contributed by atoms with Crippen molar-refractivity contribution in [2.45, 2.75) is 26.2 Å². The van der Waals surface area contributed by atoms with Gasteiger partial charge >= 0.3 is 0 Å². The second-order valence-electron chi connectivity index (χ2n) is 5.08. The van der Waals surface area contributed by atoms with E-state index in [0.717, 1.165) is 42.9 Å². The summed E-state index contributed by atoms with van der Waals surface area (Å²) in [5.74, 6) is 0.838. The molecular weight excluding hydrogens is 252 g/mol. The molecule has 1 aromatic carbocycles. The fourth-order valence-corrected chi connectivity index (χ4v) is 2.12. The third-order valence-corrected chi connectivity index (χ3v) is 3.22. The van der Waals surface area contributed by atoms with Gasteiger partial charge in [0.05, 0.1) is 0 Å². The van der Waals surface area contributed by atoms with Gasteiger partial charge in [-0.25, -0.2) is 0 Å². The lowest BCUT2D eigenvalue weighted by Crippen LogP contribution is -2.20. The molecule has 0 bridgehead atoms. The van der Waals surface area contributed by atoms with Gasteiger partial charge in [-0.05, 0) is 36.6 Å². The molecule has 0 aliphatic carbocycles. The van der Waals surface area contributed by atoms with Gasteiger partial charge in [0.15, 0.2) is 0 Å². The highest BCUT2D eigenvalue weighted by molar-refractivity contribution is 5.94. The van der Waals surface area contributed by atoms with E-state index in [9.17, 15) is 4.79 Å². The third-order valence-electron chi connectivity index (χ3n) is 3.22. The molecule has 20 heavy (non-hydrogen) atoms. The van der Waals surface area contributed by atoms with Gasteiger partial charge in [-0.3, -0.25) is 4.79 Å². The summed E-state index contributed by atoms with van der Waals surface area (Å²) in [6.45, 7) is 8.37. The average Bonchev–Trinajstić information content (AvgIpc) is 2.45. The first-order valence-corrected chi connectivity index (χ1v) is 7.12. The van der Waals surface area contributed by atoms with Gasteiger partial charge in [0, 0.05) is 24.7 Å². The van der Waals surface area contributed by atoms with E-state index in [-0.39, 0.29) is 5.91 Å². The Hall–Kier alpha value is -1.81. The van der Waals surface area contributed by atoms with Crippen LogP contribution < -0.4 is 15.4 Å². The Morgan fingerprint density at radius 1 is 1.45 bits per heavy atom. The molecule has 0 radical (unpaired) electrons. The first-order valence-electron chi connectivity index (χ1n) is 7.12. The number of benzene rings is 1. The van der Waals surface area contributed by atoms with Crippen LogP contribution >= 0.6 is 0 Å². The van der Waals surface area contributed by atoms with Crippen molar-refractivity contribution in [3.8, 4) is 5.75 Å². The predicted molar refractivity (Wildman–Crippen MR) is 81.2 cm³/mol. The molecule has 1 aliphatic heterocycles. The maximum Gasteiger partial charge on any atom is 0.224 e. The molecule has 1 heterocycles. The monoisotopic (exact) mass is 274 g/mol. The molecule has 1 amide bonds. The molecule has 1 aliphatic rings. The van der Waals surface area contributed by atoms with Crippen LogP contribution in [0.3, 0.4) is 0 Å². The zero-order valence-corrected chi connectivity index (χ0v) is 12.0. The summed E-state index contributed by atoms with van der Waals surface area (Å²) < 4.78 is 5.71. The number of ether oxygens (including phenoxy) is 1. The molecule has 108 valence electrons. The summed E-state index contributed by atoms with van der Waals surface area (Å²) in [7, 11) is 0. The predicted octanol–water partition coefficient (Wildman–Crippen LogP) is 2.51. The fourth-order valence-electron chi connectivity index (χ4n) is 2.12. The fraction of sp³-hybridized carbons (Fsp3) is 0.438. The third kappa shape index (κ3) is 4.10. The highest BCUT2D eigenvalue weighted by Gasteiger charge is 2.14. The number of carbonyl (C=O) groups excluding carboxylic acids is 1. The number of rotatable bonds is 7. The molecule has 2 N–H and O–H groups in total. The summed E-state index contributed by atoms with van der Waals surface area (Å²) >= 11 is 0. The molecular formula is C16H22N2O2. The van der Waals surface area contributed by atoms with Crippen molar-refractivity contribution in [1.82, 2.24) is 5.32 Å². The van der Waals surface area contributed by atoms with Crippen LogP contribution in [0.5, 0.6) is 5.75 Å². The van der Waals surface area contributed by atoms with Gasteiger partial charge in [-0.2, -0.15) is 0 Å². The van der Waals surface area contributed by atoms with Gasteiger partial charge in [-0.1, -0.05) is 19.6 Å². The quantitative estimate of drug-likeness (QED) is 0.593. The van der Waals surface area contributed by atoms with E-state index in [1.165, 1.54) is 5.56 Å². The Labute approximate surface area is 120 Å². The van der Waals surface area contributed by atoms with Gasteiger partial charge in [0.1, 0.15) is 12.4 Å². The van der Waals surface area contributed by atoms with Crippen molar-refractivity contribution in [2.24, 2.45) is 0 Å². The Balaban J connectivity index is 1.86. The minimum absolute atomic E-state index is 0.0721. The Morgan fingerprint density at radius 3 is 3.10 bits per heavy atom. The lowest BCUT2D eigenvalue weighted by Gasteiger charge is -2.18. The van der Waals surface area contributed by atoms with Crippen LogP contribution in [0.25, 0.3) is 0 Å². The lowest BCUT2D eigenvalue weighted by atomic mass is 10.0. The van der Waals surface area contributed by atoms with Crippen LogP contribution in [0.15, 0.2) is 30.4 Å². The standard InChI is InChI=1S/C16H22N2O2/c1-3-8-17-10-12(2)11-20-14-6-4-13-5-7-16(19)18-15(13)9-14/h4,6,9,17H,2-3,5,7-8,10-11H2,1H3,(H,18,19). The number of nitrogens with one attached hydrogen (secondary N) is 2. The number of amides is 1. The van der Waals surface area contributed by atoms with Gasteiger partial charge in [0.2, 0.25) is 5.91 Å². The first-order chi connectivity index (χ1) is 9.69. The van der Waals surface area contributed by atoms with Crippen molar-refractivity contribution in [3.05, 3.63) is 35.9 Å². The van der Waals surface area contributed by atoms with Crippen LogP contribution in [0.2, 0.25) is 0 Å². The van der Waals surface area contributed by atoms with Crippen molar-refractivity contribution >= 4 is 11.6 Å². The maximum absolute atomic E-state index is 11.4. The number of hydrogen-bond acceptors (Lipinski definition) is 3. The van der Waals surface area contributed by atoms with Crippen LogP contribution in [0.1, 0.15) is 25.3 Å². The van der Waals surface area contributed by atoms with Crippen LogP contribution in [0.4, 0.5) is 5.69 Å². The molecule has 0 saturated heterocycles. The second-order valence-corrected chi connectivity index (χ2v) is 5.08. The molecule has 2 rings (SSSR count). The number of aryl methyl sites for hydroxylation is 1. The van der Waals surface area contributed by atoms with E-state index in [4.69, 9.17) is 4.74 Å². The van der Waals surface area contributed by atoms with E-state index >= 15 is 0 Å². The molecule has 0 atom stereocenters. The Morgan fingerprint density at radius 2 is 2.30 bits per heavy atom. The summed E-state index contributed by atoms with van der Waals surface area (Å²) in [6.07, 6.45) is 2.47. The van der Waals surface area contributed by atoms with E-state index in [1.807, 2.05) is 18.2 Å². The summed E-state index contributed by atoms with van der Waals surface area (Å²) in [4.78, 5) is 11.4. The minimum atomic E-state index is 0.0721. The lowest BCUT2D eigenvalue weighted by molar-refractivity contribution is -0.116. The number of anilines is 1. The van der Waals surface area contributed by atoms with Crippen LogP contribution in [-0.4, -0.2) is 25.6 Å². The minimum Gasteiger partial charge on any atom is -0.489 e. The van der Waals surface area contributed by atoms with Gasteiger partial charge in [-0.15, -0.1) is 0 Å². The van der Waals surface area contributed by atoms with Crippen molar-refractivity contribution in [1.29, 1.82) is 0 Å². The smallest absolute Gasteiger partial charge is 0.224 e. The second kappa shape index (κ2) is 7.10. The average molecular weight is 274 g/mol. The van der Waals surface area contributed by atoms with E-state index < -0.39 is 0 Å². The normalized spacial score (nSPS) is 13.6. The number of carbonyl (C=O) groups is 1. The SMILES string of the molecule is C=C(CNCCC)COc1ccc2c(c1)NC(=O)CC2. The summed E-state index contributed by atoms with van der Waals surface area (Å²) in [5, 5.41) is 6.17. The topological polar surface area (TPSA) is 50.4 Å². The summed E-state index contributed by atoms with van der Waals surface area (Å²) in [5.41, 5.74) is 3.05. The number of hydrogen-bond donors (Lipinski definition) is 2. The highest BCUT2D eigenvalue weighted by atomic mass is 16.5. The first kappa shape index (κ1) is 14.6. The molecule has 1 aromatic rings.